The molecular formula is C18H18F3N. The van der Waals surface area contributed by atoms with E-state index in [1.807, 2.05) is 33.0 Å². The number of rotatable bonds is 4. The first-order valence-corrected chi connectivity index (χ1v) is 7.04. The maximum Gasteiger partial charge on any atom is 0.416 e. The van der Waals surface area contributed by atoms with Crippen molar-refractivity contribution in [3.8, 4) is 0 Å². The van der Waals surface area contributed by atoms with Crippen molar-refractivity contribution in [1.82, 2.24) is 4.90 Å². The monoisotopic (exact) mass is 305 g/mol. The largest absolute Gasteiger partial charge is 0.416 e. The lowest BCUT2D eigenvalue weighted by Gasteiger charge is -2.24. The molecule has 116 valence electrons. The van der Waals surface area contributed by atoms with Crippen LogP contribution in [0, 0.1) is 19.1 Å². The number of hydrogen-bond acceptors (Lipinski definition) is 1. The summed E-state index contributed by atoms with van der Waals surface area (Å²) in [5, 5.41) is 0. The van der Waals surface area contributed by atoms with Gasteiger partial charge in [-0.05, 0) is 56.3 Å². The second kappa shape index (κ2) is 6.41. The van der Waals surface area contributed by atoms with Crippen molar-refractivity contribution in [1.29, 1.82) is 0 Å². The molecule has 0 aliphatic rings. The highest BCUT2D eigenvalue weighted by atomic mass is 19.4. The first-order valence-electron chi connectivity index (χ1n) is 7.04. The average molecular weight is 305 g/mol. The van der Waals surface area contributed by atoms with E-state index in [2.05, 4.69) is 17.0 Å². The number of halogens is 3. The van der Waals surface area contributed by atoms with E-state index >= 15 is 0 Å². The zero-order valence-corrected chi connectivity index (χ0v) is 12.8. The van der Waals surface area contributed by atoms with Crippen LogP contribution in [0.1, 0.15) is 35.2 Å². The summed E-state index contributed by atoms with van der Waals surface area (Å²) < 4.78 is 37.6. The molecule has 2 aromatic rings. The fraction of sp³-hybridized carbons (Fsp3) is 0.333. The SMILES string of the molecule is Cc1c#cc(C(C)N(C)Cc2ccc(C(F)(F)F)cc2)cc1. The maximum absolute atomic E-state index is 12.5. The van der Waals surface area contributed by atoms with Crippen LogP contribution >= 0.6 is 0 Å². The van der Waals surface area contributed by atoms with Gasteiger partial charge in [-0.3, -0.25) is 4.90 Å². The van der Waals surface area contributed by atoms with Crippen LogP contribution in [0.4, 0.5) is 13.2 Å². The zero-order valence-electron chi connectivity index (χ0n) is 12.8. The molecule has 0 spiro atoms. The van der Waals surface area contributed by atoms with E-state index in [9.17, 15) is 13.2 Å². The number of nitrogens with zero attached hydrogens (tertiary/aromatic N) is 1. The minimum Gasteiger partial charge on any atom is -0.295 e. The molecule has 0 saturated heterocycles. The highest BCUT2D eigenvalue weighted by Crippen LogP contribution is 2.29. The molecule has 2 aromatic carbocycles. The van der Waals surface area contributed by atoms with Gasteiger partial charge in [-0.15, -0.1) is 0 Å². The minimum absolute atomic E-state index is 0.110. The van der Waals surface area contributed by atoms with E-state index in [0.29, 0.717) is 6.54 Å². The van der Waals surface area contributed by atoms with Gasteiger partial charge < -0.3 is 0 Å². The lowest BCUT2D eigenvalue weighted by molar-refractivity contribution is -0.137. The van der Waals surface area contributed by atoms with Gasteiger partial charge in [0.1, 0.15) is 0 Å². The molecule has 1 nitrogen and oxygen atoms in total. The molecule has 0 bridgehead atoms. The molecule has 0 N–H and O–H groups in total. The second-order valence-electron chi connectivity index (χ2n) is 5.51. The van der Waals surface area contributed by atoms with Gasteiger partial charge in [0.15, 0.2) is 0 Å². The van der Waals surface area contributed by atoms with Crippen molar-refractivity contribution in [3.05, 3.63) is 70.8 Å². The number of alkyl halides is 3. The molecule has 2 rings (SSSR count). The van der Waals surface area contributed by atoms with Crippen LogP contribution in [0.15, 0.2) is 36.4 Å². The van der Waals surface area contributed by atoms with Crippen LogP contribution in [-0.4, -0.2) is 11.9 Å². The third-order valence-electron chi connectivity index (χ3n) is 3.74. The van der Waals surface area contributed by atoms with Crippen molar-refractivity contribution in [2.75, 3.05) is 7.05 Å². The predicted molar refractivity (Wildman–Crippen MR) is 80.2 cm³/mol. The van der Waals surface area contributed by atoms with Crippen molar-refractivity contribution < 1.29 is 13.2 Å². The van der Waals surface area contributed by atoms with Crippen LogP contribution in [-0.2, 0) is 12.7 Å². The number of aryl methyl sites for hydroxylation is 1. The Morgan fingerprint density at radius 2 is 1.68 bits per heavy atom. The maximum atomic E-state index is 12.5. The molecule has 0 radical (unpaired) electrons. The van der Waals surface area contributed by atoms with Gasteiger partial charge in [-0.1, -0.05) is 24.3 Å². The molecule has 0 aliphatic carbocycles. The average Bonchev–Trinajstić information content (AvgIpc) is 2.47. The molecule has 4 heteroatoms. The van der Waals surface area contributed by atoms with Gasteiger partial charge in [0.05, 0.1) is 5.56 Å². The number of hydrogen-bond donors (Lipinski definition) is 0. The van der Waals surface area contributed by atoms with Crippen LogP contribution in [0.25, 0.3) is 0 Å². The molecule has 0 fully saturated rings. The van der Waals surface area contributed by atoms with Crippen molar-refractivity contribution in [2.24, 2.45) is 0 Å². The van der Waals surface area contributed by atoms with Crippen LogP contribution < -0.4 is 0 Å². The first-order chi connectivity index (χ1) is 10.3. The van der Waals surface area contributed by atoms with E-state index < -0.39 is 11.7 Å². The Morgan fingerprint density at radius 1 is 1.05 bits per heavy atom. The van der Waals surface area contributed by atoms with Gasteiger partial charge in [0.25, 0.3) is 0 Å². The zero-order chi connectivity index (χ0) is 16.3. The highest BCUT2D eigenvalue weighted by Gasteiger charge is 2.29. The Hall–Kier alpha value is -1.99. The fourth-order valence-electron chi connectivity index (χ4n) is 2.17. The van der Waals surface area contributed by atoms with Gasteiger partial charge in [-0.2, -0.15) is 13.2 Å². The summed E-state index contributed by atoms with van der Waals surface area (Å²) in [5.74, 6) is 0. The lowest BCUT2D eigenvalue weighted by Crippen LogP contribution is -2.21. The minimum atomic E-state index is -4.29. The Morgan fingerprint density at radius 3 is 2.18 bits per heavy atom. The summed E-state index contributed by atoms with van der Waals surface area (Å²) >= 11 is 0. The Kier molecular flexibility index (Phi) is 4.77. The second-order valence-corrected chi connectivity index (χ2v) is 5.51. The Balaban J connectivity index is 2.05. The topological polar surface area (TPSA) is 3.24 Å². The van der Waals surface area contributed by atoms with Crippen LogP contribution in [0.3, 0.4) is 0 Å². The predicted octanol–water partition coefficient (Wildman–Crippen LogP) is 4.81. The third-order valence-corrected chi connectivity index (χ3v) is 3.74. The summed E-state index contributed by atoms with van der Waals surface area (Å²) in [4.78, 5) is 2.07. The summed E-state index contributed by atoms with van der Waals surface area (Å²) in [6.07, 6.45) is -4.29. The van der Waals surface area contributed by atoms with Crippen molar-refractivity contribution in [2.45, 2.75) is 32.6 Å². The van der Waals surface area contributed by atoms with E-state index in [1.165, 1.54) is 12.1 Å². The van der Waals surface area contributed by atoms with E-state index in [1.54, 1.807) is 0 Å². The van der Waals surface area contributed by atoms with Crippen LogP contribution in [0.2, 0.25) is 0 Å². The molecule has 0 saturated carbocycles. The summed E-state index contributed by atoms with van der Waals surface area (Å²) in [6.45, 7) is 4.57. The van der Waals surface area contributed by atoms with Crippen LogP contribution in [0.5, 0.6) is 0 Å². The molecular weight excluding hydrogens is 287 g/mol. The molecule has 22 heavy (non-hydrogen) atoms. The normalized spacial score (nSPS) is 13.0. The standard InChI is InChI=1S/C18H18F3N/c1-13-4-8-16(9-5-13)14(2)22(3)12-15-6-10-17(11-7-15)18(19,20)21/h4,6-8,10-11,14H,12H2,1-3H3. The molecule has 0 aliphatic heterocycles. The molecule has 1 atom stereocenters. The Bertz CT molecular complexity index is 600. The number of benzene rings is 1. The van der Waals surface area contributed by atoms with E-state index in [0.717, 1.165) is 28.8 Å². The Labute approximate surface area is 129 Å². The highest BCUT2D eigenvalue weighted by molar-refractivity contribution is 5.25. The molecule has 0 aromatic heterocycles. The van der Waals surface area contributed by atoms with Gasteiger partial charge in [-0.25, -0.2) is 0 Å². The van der Waals surface area contributed by atoms with Gasteiger partial charge >= 0.3 is 6.18 Å². The quantitative estimate of drug-likeness (QED) is 0.783. The summed E-state index contributed by atoms with van der Waals surface area (Å²) in [6, 6.07) is 15.6. The van der Waals surface area contributed by atoms with E-state index in [-0.39, 0.29) is 6.04 Å². The van der Waals surface area contributed by atoms with E-state index in [4.69, 9.17) is 0 Å². The first kappa shape index (κ1) is 16.4. The fourth-order valence-corrected chi connectivity index (χ4v) is 2.17. The van der Waals surface area contributed by atoms with Crippen molar-refractivity contribution in [3.63, 3.8) is 0 Å². The molecule has 0 heterocycles. The summed E-state index contributed by atoms with van der Waals surface area (Å²) in [7, 11) is 1.94. The van der Waals surface area contributed by atoms with Gasteiger partial charge in [0.2, 0.25) is 0 Å². The van der Waals surface area contributed by atoms with Crippen molar-refractivity contribution >= 4 is 0 Å². The molecule has 1 unspecified atom stereocenters. The van der Waals surface area contributed by atoms with Gasteiger partial charge in [0, 0.05) is 18.2 Å². The third kappa shape index (κ3) is 4.02. The lowest BCUT2D eigenvalue weighted by atomic mass is 10.1. The smallest absolute Gasteiger partial charge is 0.295 e. The molecule has 0 amide bonds. The summed E-state index contributed by atoms with van der Waals surface area (Å²) in [5.41, 5.74) is 2.27.